The molecular formula is C20H17N3O7S2. The molecule has 0 saturated carbocycles. The van der Waals surface area contributed by atoms with Crippen LogP contribution in [0.1, 0.15) is 21.5 Å². The summed E-state index contributed by atoms with van der Waals surface area (Å²) in [6.45, 7) is 3.10. The molecule has 2 aromatic carbocycles. The van der Waals surface area contributed by atoms with Crippen molar-refractivity contribution in [2.45, 2.75) is 23.0 Å². The second kappa shape index (κ2) is 9.24. The molecule has 12 heteroatoms. The maximum Gasteiger partial charge on any atom is 0.338 e. The SMILES string of the molecule is Cc1cc(C)cc(C(=O)OCC(=O)Nc2ncc(S(=O)(=O)c3ccc([N+](=O)[O-])cc3)s2)c1. The Morgan fingerprint density at radius 2 is 1.75 bits per heavy atom. The standard InChI is InChI=1S/C20H17N3O7S2/c1-12-7-13(2)9-14(8-12)19(25)30-11-17(24)22-20-21-10-18(31-20)32(28,29)16-5-3-15(4-6-16)23(26)27/h3-10H,11H2,1-2H3,(H,21,22,24). The van der Waals surface area contributed by atoms with Gasteiger partial charge in [-0.3, -0.25) is 20.2 Å². The van der Waals surface area contributed by atoms with Gasteiger partial charge in [-0.05, 0) is 38.1 Å². The van der Waals surface area contributed by atoms with Gasteiger partial charge >= 0.3 is 5.97 Å². The van der Waals surface area contributed by atoms with Crippen LogP contribution in [-0.2, 0) is 19.4 Å². The number of rotatable bonds is 7. The summed E-state index contributed by atoms with van der Waals surface area (Å²) in [5.74, 6) is -1.34. The summed E-state index contributed by atoms with van der Waals surface area (Å²) >= 11 is 0.703. The molecule has 0 radical (unpaired) electrons. The van der Waals surface area contributed by atoms with Crippen LogP contribution in [0.2, 0.25) is 0 Å². The van der Waals surface area contributed by atoms with Crippen molar-refractivity contribution in [2.24, 2.45) is 0 Å². The lowest BCUT2D eigenvalue weighted by Gasteiger charge is -2.06. The smallest absolute Gasteiger partial charge is 0.338 e. The van der Waals surface area contributed by atoms with Crippen LogP contribution in [-0.4, -0.2) is 36.8 Å². The molecule has 0 spiro atoms. The lowest BCUT2D eigenvalue weighted by molar-refractivity contribution is -0.384. The van der Waals surface area contributed by atoms with Crippen LogP contribution in [0.3, 0.4) is 0 Å². The molecule has 1 aromatic heterocycles. The highest BCUT2D eigenvalue weighted by Gasteiger charge is 2.22. The Morgan fingerprint density at radius 1 is 1.12 bits per heavy atom. The second-order valence-electron chi connectivity index (χ2n) is 6.74. The first-order chi connectivity index (χ1) is 15.1. The van der Waals surface area contributed by atoms with Gasteiger partial charge in [0.2, 0.25) is 9.84 Å². The Hall–Kier alpha value is -3.64. The van der Waals surface area contributed by atoms with Crippen molar-refractivity contribution in [3.8, 4) is 0 Å². The van der Waals surface area contributed by atoms with E-state index in [0.717, 1.165) is 41.6 Å². The Balaban J connectivity index is 1.63. The number of non-ortho nitro benzene ring substituents is 1. The molecule has 0 fully saturated rings. The van der Waals surface area contributed by atoms with Crippen LogP contribution < -0.4 is 5.32 Å². The maximum absolute atomic E-state index is 12.7. The molecule has 0 aliphatic rings. The van der Waals surface area contributed by atoms with Crippen LogP contribution >= 0.6 is 11.3 Å². The number of carbonyl (C=O) groups is 2. The van der Waals surface area contributed by atoms with E-state index in [1.165, 1.54) is 0 Å². The number of nitro groups is 1. The summed E-state index contributed by atoms with van der Waals surface area (Å²) < 4.78 is 30.2. The molecule has 1 N–H and O–H groups in total. The normalized spacial score (nSPS) is 11.1. The Morgan fingerprint density at radius 3 is 2.34 bits per heavy atom. The van der Waals surface area contributed by atoms with Crippen molar-refractivity contribution in [1.82, 2.24) is 4.98 Å². The number of hydrogen-bond acceptors (Lipinski definition) is 9. The van der Waals surface area contributed by atoms with E-state index in [4.69, 9.17) is 4.74 Å². The zero-order chi connectivity index (χ0) is 23.5. The number of ether oxygens (including phenoxy) is 1. The number of aromatic nitrogens is 1. The fourth-order valence-corrected chi connectivity index (χ4v) is 5.22. The minimum absolute atomic E-state index is 0.00191. The van der Waals surface area contributed by atoms with Crippen molar-refractivity contribution in [3.05, 3.63) is 75.5 Å². The number of carbonyl (C=O) groups excluding carboxylic acids is 2. The van der Waals surface area contributed by atoms with E-state index in [0.29, 0.717) is 16.9 Å². The van der Waals surface area contributed by atoms with Gasteiger partial charge in [0.15, 0.2) is 11.7 Å². The highest BCUT2D eigenvalue weighted by molar-refractivity contribution is 7.93. The number of sulfone groups is 1. The monoisotopic (exact) mass is 475 g/mol. The molecular weight excluding hydrogens is 458 g/mol. The average Bonchev–Trinajstić information content (AvgIpc) is 3.20. The van der Waals surface area contributed by atoms with Gasteiger partial charge in [0.25, 0.3) is 11.6 Å². The maximum atomic E-state index is 12.7. The van der Waals surface area contributed by atoms with E-state index in [2.05, 4.69) is 10.3 Å². The molecule has 0 atom stereocenters. The summed E-state index contributed by atoms with van der Waals surface area (Å²) in [5.41, 5.74) is 1.84. The van der Waals surface area contributed by atoms with Crippen molar-refractivity contribution in [2.75, 3.05) is 11.9 Å². The quantitative estimate of drug-likeness (QED) is 0.311. The highest BCUT2D eigenvalue weighted by Crippen LogP contribution is 2.29. The number of amides is 1. The zero-order valence-corrected chi connectivity index (χ0v) is 18.5. The first-order valence-corrected chi connectivity index (χ1v) is 11.4. The van der Waals surface area contributed by atoms with Gasteiger partial charge in [0.1, 0.15) is 4.21 Å². The summed E-state index contributed by atoms with van der Waals surface area (Å²) in [7, 11) is -3.97. The van der Waals surface area contributed by atoms with E-state index in [-0.39, 0.29) is 19.9 Å². The van der Waals surface area contributed by atoms with Gasteiger partial charge in [0.05, 0.1) is 21.6 Å². The molecule has 0 aliphatic heterocycles. The average molecular weight is 476 g/mol. The van der Waals surface area contributed by atoms with Gasteiger partial charge in [-0.1, -0.05) is 28.5 Å². The molecule has 1 heterocycles. The van der Waals surface area contributed by atoms with E-state index in [1.54, 1.807) is 12.1 Å². The van der Waals surface area contributed by atoms with Gasteiger partial charge in [-0.25, -0.2) is 18.2 Å². The minimum Gasteiger partial charge on any atom is -0.452 e. The summed E-state index contributed by atoms with van der Waals surface area (Å²) in [5, 5.41) is 13.1. The van der Waals surface area contributed by atoms with Crippen LogP contribution in [0.25, 0.3) is 0 Å². The number of anilines is 1. The predicted octanol–water partition coefficient (Wildman–Crippen LogP) is 3.30. The Bertz CT molecular complexity index is 1280. The Kier molecular flexibility index (Phi) is 6.65. The fourth-order valence-electron chi connectivity index (χ4n) is 2.77. The third-order valence-electron chi connectivity index (χ3n) is 4.15. The first-order valence-electron chi connectivity index (χ1n) is 9.07. The largest absolute Gasteiger partial charge is 0.452 e. The number of hydrogen-bond donors (Lipinski definition) is 1. The van der Waals surface area contributed by atoms with E-state index < -0.39 is 33.2 Å². The zero-order valence-electron chi connectivity index (χ0n) is 16.9. The summed E-state index contributed by atoms with van der Waals surface area (Å²) in [6, 6.07) is 9.60. The van der Waals surface area contributed by atoms with E-state index >= 15 is 0 Å². The van der Waals surface area contributed by atoms with Crippen molar-refractivity contribution >= 4 is 43.9 Å². The third-order valence-corrected chi connectivity index (χ3v) is 7.29. The fraction of sp³-hybridized carbons (Fsp3) is 0.150. The van der Waals surface area contributed by atoms with E-state index in [1.807, 2.05) is 19.9 Å². The number of nitrogens with one attached hydrogen (secondary N) is 1. The number of thiazole rings is 1. The first kappa shape index (κ1) is 23.0. The van der Waals surface area contributed by atoms with E-state index in [9.17, 15) is 28.1 Å². The number of nitro benzene ring substituents is 1. The van der Waals surface area contributed by atoms with Gasteiger partial charge in [-0.15, -0.1) is 0 Å². The minimum atomic E-state index is -3.97. The summed E-state index contributed by atoms with van der Waals surface area (Å²) in [6.07, 6.45) is 1.07. The molecule has 0 aliphatic carbocycles. The summed E-state index contributed by atoms with van der Waals surface area (Å²) in [4.78, 5) is 38.0. The molecule has 166 valence electrons. The van der Waals surface area contributed by atoms with Crippen molar-refractivity contribution in [1.29, 1.82) is 0 Å². The van der Waals surface area contributed by atoms with Gasteiger partial charge in [-0.2, -0.15) is 0 Å². The molecule has 0 unspecified atom stereocenters. The second-order valence-corrected chi connectivity index (χ2v) is 9.95. The number of benzene rings is 2. The molecule has 0 saturated heterocycles. The molecule has 1 amide bonds. The van der Waals surface area contributed by atoms with Crippen molar-refractivity contribution in [3.63, 3.8) is 0 Å². The van der Waals surface area contributed by atoms with Crippen LogP contribution in [0.4, 0.5) is 10.8 Å². The van der Waals surface area contributed by atoms with Crippen LogP contribution in [0, 0.1) is 24.0 Å². The molecule has 32 heavy (non-hydrogen) atoms. The number of aryl methyl sites for hydroxylation is 2. The Labute approximate surface area is 186 Å². The number of esters is 1. The number of nitrogens with zero attached hydrogens (tertiary/aromatic N) is 2. The lowest BCUT2D eigenvalue weighted by atomic mass is 10.1. The lowest BCUT2D eigenvalue weighted by Crippen LogP contribution is -2.20. The third kappa shape index (κ3) is 5.34. The molecule has 10 nitrogen and oxygen atoms in total. The van der Waals surface area contributed by atoms with Crippen molar-refractivity contribution < 1.29 is 27.7 Å². The molecule has 3 aromatic rings. The van der Waals surface area contributed by atoms with Crippen LogP contribution in [0.5, 0.6) is 0 Å². The molecule has 3 rings (SSSR count). The van der Waals surface area contributed by atoms with Gasteiger partial charge in [0, 0.05) is 12.1 Å². The predicted molar refractivity (Wildman–Crippen MR) is 115 cm³/mol. The van der Waals surface area contributed by atoms with Crippen LogP contribution in [0.15, 0.2) is 57.8 Å². The molecule has 0 bridgehead atoms. The highest BCUT2D eigenvalue weighted by atomic mass is 32.2. The topological polar surface area (TPSA) is 146 Å². The van der Waals surface area contributed by atoms with Gasteiger partial charge < -0.3 is 4.74 Å².